The largest absolute Gasteiger partial charge is 0.351 e. The summed E-state index contributed by atoms with van der Waals surface area (Å²) in [6.45, 7) is 2.92. The minimum Gasteiger partial charge on any atom is -0.351 e. The van der Waals surface area contributed by atoms with Gasteiger partial charge in [-0.2, -0.15) is 0 Å². The normalized spacial score (nSPS) is 10.5. The molecule has 0 fully saturated rings. The van der Waals surface area contributed by atoms with Gasteiger partial charge in [-0.05, 0) is 18.6 Å². The fourth-order valence-electron chi connectivity index (χ4n) is 1.99. The molecule has 1 heterocycles. The lowest BCUT2D eigenvalue weighted by molar-refractivity contribution is 0.0947. The second-order valence-electron chi connectivity index (χ2n) is 4.97. The molecule has 1 rings (SSSR count). The number of halogens is 1. The van der Waals surface area contributed by atoms with Gasteiger partial charge in [0.05, 0.1) is 0 Å². The molecule has 0 saturated carbocycles. The molecule has 1 aromatic rings. The third kappa shape index (κ3) is 7.43. The van der Waals surface area contributed by atoms with Crippen molar-refractivity contribution < 1.29 is 4.79 Å². The molecule has 1 aromatic heterocycles. The third-order valence-electron chi connectivity index (χ3n) is 3.18. The van der Waals surface area contributed by atoms with Crippen LogP contribution >= 0.6 is 11.6 Å². The number of aromatic nitrogens is 2. The summed E-state index contributed by atoms with van der Waals surface area (Å²) >= 11 is 5.62. The predicted octanol–water partition coefficient (Wildman–Crippen LogP) is 4.00. The Balaban J connectivity index is 2.01. The standard InChI is InChI=1S/C15H24ClN3O/c1-2-3-4-5-6-7-8-9-12-17-15(20)13-10-11-14(16)19-18-13/h10-11H,2-9,12H2,1H3,(H,17,20). The van der Waals surface area contributed by atoms with Crippen LogP contribution in [0.5, 0.6) is 0 Å². The highest BCUT2D eigenvalue weighted by atomic mass is 35.5. The molecular weight excluding hydrogens is 274 g/mol. The molecule has 0 atom stereocenters. The second-order valence-corrected chi connectivity index (χ2v) is 5.36. The molecule has 0 aliphatic rings. The first-order valence-electron chi connectivity index (χ1n) is 7.51. The summed E-state index contributed by atoms with van der Waals surface area (Å²) in [4.78, 5) is 11.7. The third-order valence-corrected chi connectivity index (χ3v) is 3.38. The SMILES string of the molecule is CCCCCCCCCCNC(=O)c1ccc(Cl)nn1. The average Bonchev–Trinajstić information content (AvgIpc) is 2.46. The summed E-state index contributed by atoms with van der Waals surface area (Å²) in [5, 5.41) is 10.5. The topological polar surface area (TPSA) is 54.9 Å². The van der Waals surface area contributed by atoms with Crippen LogP contribution in [0.25, 0.3) is 0 Å². The van der Waals surface area contributed by atoms with Crippen molar-refractivity contribution in [3.8, 4) is 0 Å². The van der Waals surface area contributed by atoms with Crippen molar-refractivity contribution >= 4 is 17.5 Å². The van der Waals surface area contributed by atoms with Crippen molar-refractivity contribution in [2.75, 3.05) is 6.54 Å². The number of carbonyl (C=O) groups is 1. The van der Waals surface area contributed by atoms with E-state index in [1.807, 2.05) is 0 Å². The fraction of sp³-hybridized carbons (Fsp3) is 0.667. The van der Waals surface area contributed by atoms with Crippen LogP contribution in [-0.4, -0.2) is 22.6 Å². The van der Waals surface area contributed by atoms with E-state index in [0.717, 1.165) is 6.42 Å². The van der Waals surface area contributed by atoms with Crippen LogP contribution in [0, 0.1) is 0 Å². The van der Waals surface area contributed by atoms with Crippen molar-refractivity contribution in [1.82, 2.24) is 15.5 Å². The van der Waals surface area contributed by atoms with Crippen LogP contribution in [0.3, 0.4) is 0 Å². The minimum atomic E-state index is -0.183. The fourth-order valence-corrected chi connectivity index (χ4v) is 2.09. The van der Waals surface area contributed by atoms with E-state index < -0.39 is 0 Å². The highest BCUT2D eigenvalue weighted by Gasteiger charge is 2.06. The monoisotopic (exact) mass is 297 g/mol. The summed E-state index contributed by atoms with van der Waals surface area (Å²) in [5.74, 6) is -0.183. The van der Waals surface area contributed by atoms with Gasteiger partial charge in [-0.3, -0.25) is 4.79 Å². The molecule has 0 unspecified atom stereocenters. The first-order chi connectivity index (χ1) is 9.74. The number of nitrogens with one attached hydrogen (secondary N) is 1. The van der Waals surface area contributed by atoms with Crippen molar-refractivity contribution in [3.63, 3.8) is 0 Å². The Morgan fingerprint density at radius 2 is 1.70 bits per heavy atom. The highest BCUT2D eigenvalue weighted by Crippen LogP contribution is 2.08. The Hall–Kier alpha value is -1.16. The number of hydrogen-bond donors (Lipinski definition) is 1. The Labute approximate surface area is 126 Å². The average molecular weight is 298 g/mol. The van der Waals surface area contributed by atoms with Gasteiger partial charge in [-0.15, -0.1) is 10.2 Å². The van der Waals surface area contributed by atoms with Gasteiger partial charge < -0.3 is 5.32 Å². The first kappa shape index (κ1) is 16.9. The summed E-state index contributed by atoms with van der Waals surface area (Å²) in [6.07, 6.45) is 10.1. The lowest BCUT2D eigenvalue weighted by atomic mass is 10.1. The smallest absolute Gasteiger partial charge is 0.271 e. The van der Waals surface area contributed by atoms with E-state index >= 15 is 0 Å². The van der Waals surface area contributed by atoms with Crippen molar-refractivity contribution in [1.29, 1.82) is 0 Å². The predicted molar refractivity (Wildman–Crippen MR) is 82.0 cm³/mol. The molecule has 1 N–H and O–H groups in total. The van der Waals surface area contributed by atoms with Crippen LogP contribution in [0.15, 0.2) is 12.1 Å². The summed E-state index contributed by atoms with van der Waals surface area (Å²) in [6, 6.07) is 3.15. The van der Waals surface area contributed by atoms with E-state index in [2.05, 4.69) is 22.4 Å². The van der Waals surface area contributed by atoms with Gasteiger partial charge >= 0.3 is 0 Å². The van der Waals surface area contributed by atoms with Gasteiger partial charge in [0.1, 0.15) is 0 Å². The lowest BCUT2D eigenvalue weighted by Gasteiger charge is -2.04. The van der Waals surface area contributed by atoms with Crippen LogP contribution in [-0.2, 0) is 0 Å². The number of amides is 1. The van der Waals surface area contributed by atoms with Crippen molar-refractivity contribution in [3.05, 3.63) is 23.0 Å². The molecule has 4 nitrogen and oxygen atoms in total. The molecule has 0 aliphatic heterocycles. The number of carbonyl (C=O) groups excluding carboxylic acids is 1. The summed E-state index contributed by atoms with van der Waals surface area (Å²) < 4.78 is 0. The maximum absolute atomic E-state index is 11.7. The Bertz CT molecular complexity index is 381. The van der Waals surface area contributed by atoms with E-state index in [4.69, 9.17) is 11.6 Å². The molecule has 0 radical (unpaired) electrons. The zero-order chi connectivity index (χ0) is 14.6. The van der Waals surface area contributed by atoms with Crippen LogP contribution in [0.2, 0.25) is 5.15 Å². The molecule has 112 valence electrons. The Morgan fingerprint density at radius 1 is 1.05 bits per heavy atom. The van der Waals surface area contributed by atoms with E-state index in [1.54, 1.807) is 12.1 Å². The molecule has 0 spiro atoms. The van der Waals surface area contributed by atoms with Gasteiger partial charge in [-0.1, -0.05) is 63.5 Å². The van der Waals surface area contributed by atoms with E-state index in [1.165, 1.54) is 44.9 Å². The quantitative estimate of drug-likeness (QED) is 0.664. The maximum Gasteiger partial charge on any atom is 0.271 e. The molecule has 0 aliphatic carbocycles. The van der Waals surface area contributed by atoms with Gasteiger partial charge in [-0.25, -0.2) is 0 Å². The first-order valence-corrected chi connectivity index (χ1v) is 7.89. The van der Waals surface area contributed by atoms with E-state index in [9.17, 15) is 4.79 Å². The molecule has 0 aromatic carbocycles. The maximum atomic E-state index is 11.7. The van der Waals surface area contributed by atoms with Crippen molar-refractivity contribution in [2.24, 2.45) is 0 Å². The van der Waals surface area contributed by atoms with Crippen LogP contribution < -0.4 is 5.32 Å². The molecule has 5 heteroatoms. The zero-order valence-electron chi connectivity index (χ0n) is 12.2. The number of nitrogens with zero attached hydrogens (tertiary/aromatic N) is 2. The number of unbranched alkanes of at least 4 members (excludes halogenated alkanes) is 7. The Kier molecular flexibility index (Phi) is 8.96. The molecule has 0 saturated heterocycles. The van der Waals surface area contributed by atoms with Crippen molar-refractivity contribution in [2.45, 2.75) is 58.3 Å². The van der Waals surface area contributed by atoms with Gasteiger partial charge in [0.2, 0.25) is 0 Å². The summed E-state index contributed by atoms with van der Waals surface area (Å²) in [7, 11) is 0. The molecule has 1 amide bonds. The van der Waals surface area contributed by atoms with Gasteiger partial charge in [0.25, 0.3) is 5.91 Å². The number of hydrogen-bond acceptors (Lipinski definition) is 3. The van der Waals surface area contributed by atoms with Crippen LogP contribution in [0.1, 0.15) is 68.8 Å². The molecule has 0 bridgehead atoms. The zero-order valence-corrected chi connectivity index (χ0v) is 13.0. The lowest BCUT2D eigenvalue weighted by Crippen LogP contribution is -2.25. The highest BCUT2D eigenvalue weighted by molar-refractivity contribution is 6.29. The second kappa shape index (κ2) is 10.6. The van der Waals surface area contributed by atoms with E-state index in [-0.39, 0.29) is 5.91 Å². The van der Waals surface area contributed by atoms with Gasteiger partial charge in [0.15, 0.2) is 10.8 Å². The summed E-state index contributed by atoms with van der Waals surface area (Å²) in [5.41, 5.74) is 0.314. The van der Waals surface area contributed by atoms with E-state index in [0.29, 0.717) is 17.4 Å². The van der Waals surface area contributed by atoms with Gasteiger partial charge in [0, 0.05) is 6.54 Å². The number of rotatable bonds is 10. The minimum absolute atomic E-state index is 0.183. The molecule has 20 heavy (non-hydrogen) atoms. The van der Waals surface area contributed by atoms with Crippen LogP contribution in [0.4, 0.5) is 0 Å². The molecular formula is C15H24ClN3O. The Morgan fingerprint density at radius 3 is 2.30 bits per heavy atom.